The van der Waals surface area contributed by atoms with Crippen molar-refractivity contribution in [2.45, 2.75) is 6.61 Å². The van der Waals surface area contributed by atoms with Crippen molar-refractivity contribution in [3.05, 3.63) is 65.2 Å². The molecule has 0 heterocycles. The summed E-state index contributed by atoms with van der Waals surface area (Å²) in [6, 6.07) is 13.9. The van der Waals surface area contributed by atoms with Crippen molar-refractivity contribution in [1.82, 2.24) is 5.32 Å². The third-order valence-electron chi connectivity index (χ3n) is 3.12. The van der Waals surface area contributed by atoms with E-state index in [1.54, 1.807) is 43.4 Å². The monoisotopic (exact) mass is 299 g/mol. The van der Waals surface area contributed by atoms with Gasteiger partial charge in [0.25, 0.3) is 5.91 Å². The van der Waals surface area contributed by atoms with Gasteiger partial charge < -0.3 is 14.8 Å². The molecule has 0 unspecified atom stereocenters. The topological polar surface area (TPSA) is 64.6 Å². The van der Waals surface area contributed by atoms with E-state index < -0.39 is 0 Å². The van der Waals surface area contributed by atoms with Crippen LogP contribution >= 0.6 is 0 Å². The van der Waals surface area contributed by atoms with Crippen LogP contribution in [0.3, 0.4) is 0 Å². The van der Waals surface area contributed by atoms with Gasteiger partial charge in [-0.15, -0.1) is 0 Å². The molecular formula is C17H17NO4. The number of nitrogens with one attached hydrogen (secondary N) is 1. The smallest absolute Gasteiger partial charge is 0.337 e. The van der Waals surface area contributed by atoms with E-state index in [0.29, 0.717) is 23.5 Å². The van der Waals surface area contributed by atoms with Gasteiger partial charge in [0.05, 0.1) is 12.7 Å². The maximum Gasteiger partial charge on any atom is 0.337 e. The molecule has 1 N–H and O–H groups in total. The molecule has 5 nitrogen and oxygen atoms in total. The molecule has 22 heavy (non-hydrogen) atoms. The Labute approximate surface area is 128 Å². The number of rotatable bonds is 5. The molecule has 2 rings (SSSR count). The van der Waals surface area contributed by atoms with Gasteiger partial charge in [-0.1, -0.05) is 12.1 Å². The molecule has 2 aromatic carbocycles. The zero-order chi connectivity index (χ0) is 15.9. The summed E-state index contributed by atoms with van der Waals surface area (Å²) in [6.07, 6.45) is 0. The van der Waals surface area contributed by atoms with Gasteiger partial charge in [-0.05, 0) is 42.0 Å². The van der Waals surface area contributed by atoms with Gasteiger partial charge in [0.2, 0.25) is 0 Å². The summed E-state index contributed by atoms with van der Waals surface area (Å²) in [5.41, 5.74) is 2.02. The zero-order valence-corrected chi connectivity index (χ0v) is 12.5. The summed E-state index contributed by atoms with van der Waals surface area (Å²) >= 11 is 0. The van der Waals surface area contributed by atoms with Gasteiger partial charge >= 0.3 is 5.97 Å². The molecule has 114 valence electrons. The number of carbonyl (C=O) groups excluding carboxylic acids is 2. The fourth-order valence-electron chi connectivity index (χ4n) is 1.87. The van der Waals surface area contributed by atoms with Crippen LogP contribution < -0.4 is 10.1 Å². The second-order valence-electron chi connectivity index (χ2n) is 4.58. The van der Waals surface area contributed by atoms with Crippen LogP contribution in [0.5, 0.6) is 5.75 Å². The summed E-state index contributed by atoms with van der Waals surface area (Å²) in [6.45, 7) is 0.376. The number of hydrogen-bond donors (Lipinski definition) is 1. The summed E-state index contributed by atoms with van der Waals surface area (Å²) in [5.74, 6) is 0.173. The van der Waals surface area contributed by atoms with Crippen molar-refractivity contribution >= 4 is 11.9 Å². The minimum Gasteiger partial charge on any atom is -0.489 e. The second kappa shape index (κ2) is 7.26. The van der Waals surface area contributed by atoms with E-state index in [-0.39, 0.29) is 11.9 Å². The van der Waals surface area contributed by atoms with Crippen molar-refractivity contribution in [1.29, 1.82) is 0 Å². The van der Waals surface area contributed by atoms with E-state index in [0.717, 1.165) is 5.56 Å². The maximum absolute atomic E-state index is 11.4. The highest BCUT2D eigenvalue weighted by Crippen LogP contribution is 2.15. The Bertz CT molecular complexity index is 588. The lowest BCUT2D eigenvalue weighted by molar-refractivity contribution is 0.0600. The highest BCUT2D eigenvalue weighted by molar-refractivity contribution is 5.94. The molecule has 0 spiro atoms. The van der Waals surface area contributed by atoms with Gasteiger partial charge in [-0.25, -0.2) is 4.79 Å². The van der Waals surface area contributed by atoms with Gasteiger partial charge in [0.1, 0.15) is 12.4 Å². The largest absolute Gasteiger partial charge is 0.489 e. The minimum absolute atomic E-state index is 0.134. The quantitative estimate of drug-likeness (QED) is 0.861. The highest BCUT2D eigenvalue weighted by atomic mass is 16.5. The molecular weight excluding hydrogens is 282 g/mol. The molecule has 0 aliphatic carbocycles. The van der Waals surface area contributed by atoms with E-state index in [4.69, 9.17) is 4.74 Å². The predicted molar refractivity (Wildman–Crippen MR) is 81.9 cm³/mol. The van der Waals surface area contributed by atoms with Gasteiger partial charge in [0, 0.05) is 12.6 Å². The lowest BCUT2D eigenvalue weighted by atomic mass is 10.1. The maximum atomic E-state index is 11.4. The predicted octanol–water partition coefficient (Wildman–Crippen LogP) is 2.41. The normalized spacial score (nSPS) is 9.91. The van der Waals surface area contributed by atoms with E-state index in [2.05, 4.69) is 10.1 Å². The summed E-state index contributed by atoms with van der Waals surface area (Å²) in [7, 11) is 2.94. The molecule has 0 aliphatic rings. The summed E-state index contributed by atoms with van der Waals surface area (Å²) in [5, 5.41) is 2.56. The Morgan fingerprint density at radius 1 is 0.955 bits per heavy atom. The molecule has 1 amide bonds. The number of esters is 1. The van der Waals surface area contributed by atoms with Crippen LogP contribution in [0, 0.1) is 0 Å². The SMILES string of the molecule is CNC(=O)c1ccc(OCc2ccc(C(=O)OC)cc2)cc1. The van der Waals surface area contributed by atoms with Crippen molar-refractivity contribution < 1.29 is 19.1 Å². The fraction of sp³-hybridized carbons (Fsp3) is 0.176. The number of amides is 1. The molecule has 0 aromatic heterocycles. The Hall–Kier alpha value is -2.82. The molecule has 0 aliphatic heterocycles. The lowest BCUT2D eigenvalue weighted by Crippen LogP contribution is -2.17. The number of benzene rings is 2. The number of hydrogen-bond acceptors (Lipinski definition) is 4. The van der Waals surface area contributed by atoms with Gasteiger partial charge in [0.15, 0.2) is 0 Å². The molecule has 2 aromatic rings. The van der Waals surface area contributed by atoms with Crippen LogP contribution in [0.25, 0.3) is 0 Å². The van der Waals surface area contributed by atoms with E-state index >= 15 is 0 Å². The first-order chi connectivity index (χ1) is 10.6. The summed E-state index contributed by atoms with van der Waals surface area (Å²) < 4.78 is 10.3. The van der Waals surface area contributed by atoms with Crippen LogP contribution in [-0.2, 0) is 11.3 Å². The highest BCUT2D eigenvalue weighted by Gasteiger charge is 2.05. The molecule has 0 saturated heterocycles. The molecule has 0 atom stereocenters. The molecule has 0 fully saturated rings. The van der Waals surface area contributed by atoms with Crippen LogP contribution in [0.2, 0.25) is 0 Å². The number of ether oxygens (including phenoxy) is 2. The fourth-order valence-corrected chi connectivity index (χ4v) is 1.87. The van der Waals surface area contributed by atoms with Crippen LogP contribution in [-0.4, -0.2) is 26.0 Å². The Balaban J connectivity index is 1.95. The van der Waals surface area contributed by atoms with Crippen molar-refractivity contribution in [2.24, 2.45) is 0 Å². The van der Waals surface area contributed by atoms with Gasteiger partial charge in [-0.3, -0.25) is 4.79 Å². The van der Waals surface area contributed by atoms with Crippen LogP contribution in [0.1, 0.15) is 26.3 Å². The Kier molecular flexibility index (Phi) is 5.14. The average Bonchev–Trinajstić information content (AvgIpc) is 2.59. The van der Waals surface area contributed by atoms with Crippen molar-refractivity contribution in [2.75, 3.05) is 14.2 Å². The summed E-state index contributed by atoms with van der Waals surface area (Å²) in [4.78, 5) is 22.8. The van der Waals surface area contributed by atoms with Crippen LogP contribution in [0.15, 0.2) is 48.5 Å². The lowest BCUT2D eigenvalue weighted by Gasteiger charge is -2.07. The van der Waals surface area contributed by atoms with E-state index in [9.17, 15) is 9.59 Å². The third-order valence-corrected chi connectivity index (χ3v) is 3.12. The Morgan fingerprint density at radius 3 is 2.09 bits per heavy atom. The van der Waals surface area contributed by atoms with E-state index in [1.807, 2.05) is 12.1 Å². The average molecular weight is 299 g/mol. The minimum atomic E-state index is -0.364. The van der Waals surface area contributed by atoms with Gasteiger partial charge in [-0.2, -0.15) is 0 Å². The number of methoxy groups -OCH3 is 1. The second-order valence-corrected chi connectivity index (χ2v) is 4.58. The first-order valence-electron chi connectivity index (χ1n) is 6.76. The zero-order valence-electron chi connectivity index (χ0n) is 12.5. The molecule has 0 bridgehead atoms. The molecule has 5 heteroatoms. The van der Waals surface area contributed by atoms with Crippen molar-refractivity contribution in [3.63, 3.8) is 0 Å². The molecule has 0 saturated carbocycles. The standard InChI is InChI=1S/C17H17NO4/c1-18-16(19)13-7-9-15(10-8-13)22-11-12-3-5-14(6-4-12)17(20)21-2/h3-10H,11H2,1-2H3,(H,18,19). The number of carbonyl (C=O) groups is 2. The first kappa shape index (κ1) is 15.6. The van der Waals surface area contributed by atoms with Crippen molar-refractivity contribution in [3.8, 4) is 5.75 Å². The molecule has 0 radical (unpaired) electrons. The van der Waals surface area contributed by atoms with E-state index in [1.165, 1.54) is 7.11 Å². The third kappa shape index (κ3) is 3.85. The first-order valence-corrected chi connectivity index (χ1v) is 6.76. The van der Waals surface area contributed by atoms with Crippen LogP contribution in [0.4, 0.5) is 0 Å². The Morgan fingerprint density at radius 2 is 1.55 bits per heavy atom.